The first-order valence-corrected chi connectivity index (χ1v) is 7.04. The monoisotopic (exact) mass is 278 g/mol. The van der Waals surface area contributed by atoms with Gasteiger partial charge in [-0.25, -0.2) is 0 Å². The Bertz CT molecular complexity index is 677. The van der Waals surface area contributed by atoms with E-state index in [0.29, 0.717) is 6.01 Å². The zero-order valence-electron chi connectivity index (χ0n) is 12.1. The first-order valence-electron chi connectivity index (χ1n) is 7.04. The summed E-state index contributed by atoms with van der Waals surface area (Å²) in [7, 11) is 1.99. The Kier molecular flexibility index (Phi) is 4.01. The number of hydrogen-bond acceptors (Lipinski definition) is 3. The molecule has 0 aliphatic carbocycles. The molecule has 0 atom stereocenters. The lowest BCUT2D eigenvalue weighted by atomic mass is 10.1. The fraction of sp³-hybridized carbons (Fsp3) is 0.167. The SMILES string of the molecule is CN(Cc1ccccc1)c1nc(Cc2ccccc2)co1. The highest BCUT2D eigenvalue weighted by Crippen LogP contribution is 2.17. The van der Waals surface area contributed by atoms with Crippen molar-refractivity contribution in [3.63, 3.8) is 0 Å². The molecule has 0 unspecified atom stereocenters. The summed E-state index contributed by atoms with van der Waals surface area (Å²) in [6.45, 7) is 0.784. The molecule has 0 fully saturated rings. The standard InChI is InChI=1S/C18H18N2O/c1-20(13-16-10-6-3-7-11-16)18-19-17(14-21-18)12-15-8-4-2-5-9-15/h2-11,14H,12-13H2,1H3. The maximum absolute atomic E-state index is 5.59. The number of oxazole rings is 1. The first kappa shape index (κ1) is 13.4. The van der Waals surface area contributed by atoms with Crippen LogP contribution >= 0.6 is 0 Å². The molecule has 3 nitrogen and oxygen atoms in total. The number of aromatic nitrogens is 1. The smallest absolute Gasteiger partial charge is 0.297 e. The van der Waals surface area contributed by atoms with E-state index in [1.807, 2.05) is 48.3 Å². The van der Waals surface area contributed by atoms with Crippen LogP contribution in [0.3, 0.4) is 0 Å². The molecule has 3 aromatic rings. The van der Waals surface area contributed by atoms with Crippen molar-refractivity contribution < 1.29 is 4.42 Å². The topological polar surface area (TPSA) is 29.3 Å². The number of rotatable bonds is 5. The molecule has 1 aromatic heterocycles. The van der Waals surface area contributed by atoms with Crippen molar-refractivity contribution in [3.05, 3.63) is 83.7 Å². The minimum Gasteiger partial charge on any atom is -0.432 e. The van der Waals surface area contributed by atoms with Crippen LogP contribution in [0.1, 0.15) is 16.8 Å². The van der Waals surface area contributed by atoms with Crippen LogP contribution in [0.15, 0.2) is 71.3 Å². The third-order valence-corrected chi connectivity index (χ3v) is 3.36. The second-order valence-electron chi connectivity index (χ2n) is 5.13. The summed E-state index contributed by atoms with van der Waals surface area (Å²) < 4.78 is 5.59. The molecule has 0 aliphatic rings. The van der Waals surface area contributed by atoms with Crippen molar-refractivity contribution >= 4 is 6.01 Å². The third-order valence-electron chi connectivity index (χ3n) is 3.36. The zero-order valence-corrected chi connectivity index (χ0v) is 12.1. The van der Waals surface area contributed by atoms with Crippen LogP contribution < -0.4 is 4.90 Å². The van der Waals surface area contributed by atoms with Crippen molar-refractivity contribution in [1.29, 1.82) is 0 Å². The van der Waals surface area contributed by atoms with Crippen LogP contribution in [-0.2, 0) is 13.0 Å². The largest absolute Gasteiger partial charge is 0.432 e. The Morgan fingerprint density at radius 3 is 2.19 bits per heavy atom. The Morgan fingerprint density at radius 1 is 0.905 bits per heavy atom. The van der Waals surface area contributed by atoms with E-state index in [9.17, 15) is 0 Å². The molecule has 0 saturated heterocycles. The lowest BCUT2D eigenvalue weighted by Crippen LogP contribution is -2.16. The number of benzene rings is 2. The van der Waals surface area contributed by atoms with Crippen LogP contribution in [-0.4, -0.2) is 12.0 Å². The predicted molar refractivity (Wildman–Crippen MR) is 84.3 cm³/mol. The molecular weight excluding hydrogens is 260 g/mol. The molecule has 0 N–H and O–H groups in total. The van der Waals surface area contributed by atoms with E-state index in [-0.39, 0.29) is 0 Å². The molecule has 0 spiro atoms. The first-order chi connectivity index (χ1) is 10.3. The van der Waals surface area contributed by atoms with Crippen LogP contribution in [0.2, 0.25) is 0 Å². The fourth-order valence-electron chi connectivity index (χ4n) is 2.28. The Balaban J connectivity index is 1.67. The highest BCUT2D eigenvalue weighted by Gasteiger charge is 2.09. The Labute approximate surface area is 124 Å². The van der Waals surface area contributed by atoms with E-state index < -0.39 is 0 Å². The van der Waals surface area contributed by atoms with Gasteiger partial charge in [-0.05, 0) is 11.1 Å². The van der Waals surface area contributed by atoms with Crippen LogP contribution in [0.5, 0.6) is 0 Å². The molecule has 0 aliphatic heterocycles. The van der Waals surface area contributed by atoms with Gasteiger partial charge in [0.05, 0.1) is 5.69 Å². The van der Waals surface area contributed by atoms with E-state index >= 15 is 0 Å². The van der Waals surface area contributed by atoms with Crippen molar-refractivity contribution in [2.45, 2.75) is 13.0 Å². The summed E-state index contributed by atoms with van der Waals surface area (Å²) in [4.78, 5) is 6.58. The Morgan fingerprint density at radius 2 is 1.52 bits per heavy atom. The molecule has 0 amide bonds. The second-order valence-corrected chi connectivity index (χ2v) is 5.13. The quantitative estimate of drug-likeness (QED) is 0.708. The number of anilines is 1. The molecule has 3 rings (SSSR count). The van der Waals surface area contributed by atoms with Gasteiger partial charge in [0.25, 0.3) is 6.01 Å². The van der Waals surface area contributed by atoms with Gasteiger partial charge < -0.3 is 9.32 Å². The second kappa shape index (κ2) is 6.27. The van der Waals surface area contributed by atoms with Gasteiger partial charge in [-0.2, -0.15) is 4.98 Å². The molecule has 0 saturated carbocycles. The highest BCUT2D eigenvalue weighted by molar-refractivity contribution is 5.30. The molecule has 1 heterocycles. The molecule has 106 valence electrons. The average Bonchev–Trinajstić information content (AvgIpc) is 2.98. The summed E-state index contributed by atoms with van der Waals surface area (Å²) in [6.07, 6.45) is 2.54. The van der Waals surface area contributed by atoms with Gasteiger partial charge in [0.2, 0.25) is 0 Å². The van der Waals surface area contributed by atoms with Gasteiger partial charge in [0, 0.05) is 20.0 Å². The van der Waals surface area contributed by atoms with Crippen molar-refractivity contribution in [1.82, 2.24) is 4.98 Å². The highest BCUT2D eigenvalue weighted by atomic mass is 16.4. The average molecular weight is 278 g/mol. The van der Waals surface area contributed by atoms with Gasteiger partial charge in [0.15, 0.2) is 0 Å². The molecule has 21 heavy (non-hydrogen) atoms. The van der Waals surface area contributed by atoms with Gasteiger partial charge in [-0.1, -0.05) is 60.7 Å². The van der Waals surface area contributed by atoms with E-state index in [4.69, 9.17) is 4.42 Å². The lowest BCUT2D eigenvalue weighted by Gasteiger charge is -2.14. The fourth-order valence-corrected chi connectivity index (χ4v) is 2.28. The van der Waals surface area contributed by atoms with Crippen molar-refractivity contribution in [3.8, 4) is 0 Å². The summed E-state index contributed by atoms with van der Waals surface area (Å²) in [5.74, 6) is 0. The summed E-state index contributed by atoms with van der Waals surface area (Å²) in [6, 6.07) is 21.3. The summed E-state index contributed by atoms with van der Waals surface area (Å²) >= 11 is 0. The van der Waals surface area contributed by atoms with Gasteiger partial charge >= 0.3 is 0 Å². The molecule has 0 radical (unpaired) electrons. The lowest BCUT2D eigenvalue weighted by molar-refractivity contribution is 0.544. The molecule has 3 heteroatoms. The van der Waals surface area contributed by atoms with Gasteiger partial charge in [-0.3, -0.25) is 0 Å². The zero-order chi connectivity index (χ0) is 14.5. The van der Waals surface area contributed by atoms with Crippen LogP contribution in [0, 0.1) is 0 Å². The van der Waals surface area contributed by atoms with Gasteiger partial charge in [-0.15, -0.1) is 0 Å². The van der Waals surface area contributed by atoms with Crippen LogP contribution in [0.25, 0.3) is 0 Å². The molecular formula is C18H18N2O. The minimum atomic E-state index is 0.657. The molecule has 2 aromatic carbocycles. The van der Waals surface area contributed by atoms with E-state index in [0.717, 1.165) is 18.7 Å². The normalized spacial score (nSPS) is 10.5. The van der Waals surface area contributed by atoms with E-state index in [1.54, 1.807) is 6.26 Å². The number of nitrogens with zero attached hydrogens (tertiary/aromatic N) is 2. The van der Waals surface area contributed by atoms with Crippen LogP contribution in [0.4, 0.5) is 6.01 Å². The van der Waals surface area contributed by atoms with Gasteiger partial charge in [0.1, 0.15) is 6.26 Å². The number of hydrogen-bond donors (Lipinski definition) is 0. The van der Waals surface area contributed by atoms with E-state index in [2.05, 4.69) is 29.2 Å². The predicted octanol–water partition coefficient (Wildman–Crippen LogP) is 3.90. The maximum Gasteiger partial charge on any atom is 0.297 e. The van der Waals surface area contributed by atoms with E-state index in [1.165, 1.54) is 11.1 Å². The van der Waals surface area contributed by atoms with Crippen molar-refractivity contribution in [2.24, 2.45) is 0 Å². The Hall–Kier alpha value is -2.55. The molecule has 0 bridgehead atoms. The third kappa shape index (κ3) is 3.51. The summed E-state index contributed by atoms with van der Waals surface area (Å²) in [5.41, 5.74) is 3.43. The minimum absolute atomic E-state index is 0.657. The summed E-state index contributed by atoms with van der Waals surface area (Å²) in [5, 5.41) is 0. The van der Waals surface area contributed by atoms with Crippen molar-refractivity contribution in [2.75, 3.05) is 11.9 Å². The maximum atomic E-state index is 5.59.